The van der Waals surface area contributed by atoms with Crippen molar-refractivity contribution in [2.24, 2.45) is 0 Å². The number of anilines is 1. The molecule has 0 bridgehead atoms. The number of nitrogens with zero attached hydrogens (tertiary/aromatic N) is 3. The summed E-state index contributed by atoms with van der Waals surface area (Å²) in [4.78, 5) is 13.5. The third-order valence-electron chi connectivity index (χ3n) is 5.26. The zero-order valence-electron chi connectivity index (χ0n) is 15.7. The van der Waals surface area contributed by atoms with Crippen molar-refractivity contribution in [3.63, 3.8) is 0 Å². The molecule has 0 radical (unpaired) electrons. The Bertz CT molecular complexity index is 1000. The van der Waals surface area contributed by atoms with Gasteiger partial charge in [-0.25, -0.2) is 9.07 Å². The van der Waals surface area contributed by atoms with E-state index in [-0.39, 0.29) is 17.6 Å². The molecule has 0 aliphatic carbocycles. The molecule has 0 saturated carbocycles. The van der Waals surface area contributed by atoms with Crippen LogP contribution in [0.4, 0.5) is 10.2 Å². The number of hydrogen-bond donors (Lipinski definition) is 1. The Balaban J connectivity index is 1.64. The summed E-state index contributed by atoms with van der Waals surface area (Å²) in [6.45, 7) is 2.74. The maximum Gasteiger partial charge on any atom is 0.253 e. The van der Waals surface area contributed by atoms with Gasteiger partial charge in [0.15, 0.2) is 0 Å². The van der Waals surface area contributed by atoms with Crippen molar-refractivity contribution < 1.29 is 14.3 Å². The third kappa shape index (κ3) is 3.31. The van der Waals surface area contributed by atoms with Crippen molar-refractivity contribution in [1.82, 2.24) is 9.78 Å². The first-order valence-electron chi connectivity index (χ1n) is 9.42. The number of halogens is 1. The van der Waals surface area contributed by atoms with Gasteiger partial charge in [-0.3, -0.25) is 9.69 Å². The van der Waals surface area contributed by atoms with Crippen LogP contribution in [0.2, 0.25) is 0 Å². The van der Waals surface area contributed by atoms with Crippen molar-refractivity contribution in [1.29, 1.82) is 0 Å². The van der Waals surface area contributed by atoms with Crippen LogP contribution in [0.25, 0.3) is 11.1 Å². The molecular weight excluding hydrogens is 357 g/mol. The topological polar surface area (TPSA) is 58.4 Å². The van der Waals surface area contributed by atoms with E-state index in [1.54, 1.807) is 21.7 Å². The molecule has 4 rings (SSSR count). The quantitative estimate of drug-likeness (QED) is 0.754. The third-order valence-corrected chi connectivity index (χ3v) is 5.26. The largest absolute Gasteiger partial charge is 0.387 e. The van der Waals surface area contributed by atoms with E-state index in [1.165, 1.54) is 0 Å². The highest BCUT2D eigenvalue weighted by Gasteiger charge is 2.26. The lowest BCUT2D eigenvalue weighted by Gasteiger charge is -2.26. The number of amides is 1. The van der Waals surface area contributed by atoms with Crippen molar-refractivity contribution in [3.8, 4) is 11.1 Å². The van der Waals surface area contributed by atoms with Gasteiger partial charge in [0.1, 0.15) is 18.2 Å². The van der Waals surface area contributed by atoms with E-state index < -0.39 is 6.61 Å². The second-order valence-electron chi connectivity index (χ2n) is 7.03. The number of rotatable bonds is 4. The zero-order chi connectivity index (χ0) is 19.7. The smallest absolute Gasteiger partial charge is 0.253 e. The molecule has 1 N–H and O–H groups in total. The van der Waals surface area contributed by atoms with E-state index in [9.17, 15) is 14.3 Å². The molecule has 1 unspecified atom stereocenters. The van der Waals surface area contributed by atoms with Crippen LogP contribution in [0, 0.1) is 5.82 Å². The van der Waals surface area contributed by atoms with Crippen LogP contribution in [0.5, 0.6) is 0 Å². The molecule has 1 aliphatic heterocycles. The predicted octanol–water partition coefficient (Wildman–Crippen LogP) is 3.57. The minimum Gasteiger partial charge on any atom is -0.387 e. The van der Waals surface area contributed by atoms with Crippen LogP contribution in [0.3, 0.4) is 0 Å². The lowest BCUT2D eigenvalue weighted by atomic mass is 9.95. The number of fused-ring (bicyclic) bond motifs is 1. The molecule has 0 fully saturated rings. The molecule has 28 heavy (non-hydrogen) atoms. The summed E-state index contributed by atoms with van der Waals surface area (Å²) in [7, 11) is 0. The lowest BCUT2D eigenvalue weighted by molar-refractivity contribution is -0.121. The van der Waals surface area contributed by atoms with Crippen LogP contribution in [0.1, 0.15) is 30.5 Å². The highest BCUT2D eigenvalue weighted by atomic mass is 19.1. The average Bonchev–Trinajstić information content (AvgIpc) is 3.17. The van der Waals surface area contributed by atoms with Gasteiger partial charge in [-0.05, 0) is 23.6 Å². The van der Waals surface area contributed by atoms with Gasteiger partial charge in [-0.1, -0.05) is 49.4 Å². The second-order valence-corrected chi connectivity index (χ2v) is 7.03. The Morgan fingerprint density at radius 3 is 2.68 bits per heavy atom. The van der Waals surface area contributed by atoms with Gasteiger partial charge in [0.05, 0.1) is 5.69 Å². The molecule has 1 aromatic heterocycles. The van der Waals surface area contributed by atoms with Crippen molar-refractivity contribution >= 4 is 11.7 Å². The molecule has 1 aliphatic rings. The first-order valence-corrected chi connectivity index (χ1v) is 9.42. The summed E-state index contributed by atoms with van der Waals surface area (Å²) in [5.74, 6) is -0.0352. The molecule has 5 nitrogen and oxygen atoms in total. The molecular formula is C22H22FN3O2. The number of hydrogen-bond acceptors (Lipinski definition) is 3. The highest BCUT2D eigenvalue weighted by molar-refractivity contribution is 5.93. The fraction of sp³-hybridized carbons (Fsp3) is 0.273. The van der Waals surface area contributed by atoms with Crippen LogP contribution in [0.15, 0.2) is 54.6 Å². The van der Waals surface area contributed by atoms with Crippen LogP contribution in [-0.4, -0.2) is 33.9 Å². The Hall–Kier alpha value is -2.99. The van der Waals surface area contributed by atoms with E-state index in [2.05, 4.69) is 5.10 Å². The summed E-state index contributed by atoms with van der Waals surface area (Å²) in [5.41, 5.74) is 3.02. The number of carbonyl (C=O) groups is 1. The summed E-state index contributed by atoms with van der Waals surface area (Å²) in [6.07, 6.45) is 0.786. The van der Waals surface area contributed by atoms with Gasteiger partial charge < -0.3 is 5.11 Å². The Morgan fingerprint density at radius 1 is 1.18 bits per heavy atom. The molecule has 1 atom stereocenters. The molecule has 0 saturated heterocycles. The SMILES string of the molecule is CC(c1ccc(-c2ccccc2)c(F)c1)c1cc2n(n1)CCCN2C(=O)CO. The predicted molar refractivity (Wildman–Crippen MR) is 106 cm³/mol. The van der Waals surface area contributed by atoms with Gasteiger partial charge >= 0.3 is 0 Å². The van der Waals surface area contributed by atoms with Crippen molar-refractivity contribution in [2.75, 3.05) is 18.1 Å². The highest BCUT2D eigenvalue weighted by Crippen LogP contribution is 2.31. The van der Waals surface area contributed by atoms with E-state index in [0.29, 0.717) is 17.9 Å². The number of aryl methyl sites for hydroxylation is 1. The molecule has 6 heteroatoms. The molecule has 1 amide bonds. The Morgan fingerprint density at radius 2 is 1.96 bits per heavy atom. The molecule has 2 aromatic carbocycles. The summed E-state index contributed by atoms with van der Waals surface area (Å²) < 4.78 is 16.5. The van der Waals surface area contributed by atoms with Gasteiger partial charge in [0.25, 0.3) is 5.91 Å². The minimum absolute atomic E-state index is 0.122. The maximum atomic E-state index is 14.7. The molecule has 2 heterocycles. The number of benzene rings is 2. The molecule has 0 spiro atoms. The van der Waals surface area contributed by atoms with Crippen molar-refractivity contribution in [3.05, 3.63) is 71.7 Å². The number of carbonyl (C=O) groups excluding carboxylic acids is 1. The number of aliphatic hydroxyl groups is 1. The minimum atomic E-state index is -0.526. The average molecular weight is 379 g/mol. The summed E-state index contributed by atoms with van der Waals surface area (Å²) in [6, 6.07) is 16.6. The number of aliphatic hydroxyl groups excluding tert-OH is 1. The van der Waals surface area contributed by atoms with Crippen LogP contribution >= 0.6 is 0 Å². The van der Waals surface area contributed by atoms with Gasteiger partial charge in [0.2, 0.25) is 0 Å². The number of aromatic nitrogens is 2. The maximum absolute atomic E-state index is 14.7. The summed E-state index contributed by atoms with van der Waals surface area (Å²) in [5, 5.41) is 13.8. The van der Waals surface area contributed by atoms with Crippen molar-refractivity contribution in [2.45, 2.75) is 25.8 Å². The van der Waals surface area contributed by atoms with Crippen LogP contribution in [-0.2, 0) is 11.3 Å². The normalized spacial score (nSPS) is 14.6. The zero-order valence-corrected chi connectivity index (χ0v) is 15.7. The van der Waals surface area contributed by atoms with Gasteiger partial charge in [-0.2, -0.15) is 5.10 Å². The first kappa shape index (κ1) is 18.4. The standard InChI is InChI=1S/C22H22FN3O2/c1-15(17-8-9-18(19(23)12-17)16-6-3-2-4-7-16)20-13-21-25(22(28)14-27)10-5-11-26(21)24-20/h2-4,6-9,12-13,15,27H,5,10-11,14H2,1H3. The molecule has 144 valence electrons. The second kappa shape index (κ2) is 7.56. The monoisotopic (exact) mass is 379 g/mol. The molecule has 3 aromatic rings. The fourth-order valence-corrected chi connectivity index (χ4v) is 3.67. The van der Waals surface area contributed by atoms with E-state index in [0.717, 1.165) is 29.8 Å². The fourth-order valence-electron chi connectivity index (χ4n) is 3.67. The van der Waals surface area contributed by atoms with E-state index in [4.69, 9.17) is 0 Å². The Labute approximate surface area is 163 Å². The Kier molecular flexibility index (Phi) is 4.96. The lowest BCUT2D eigenvalue weighted by Crippen LogP contribution is -2.39. The van der Waals surface area contributed by atoms with E-state index in [1.807, 2.05) is 49.4 Å². The first-order chi connectivity index (χ1) is 13.6. The van der Waals surface area contributed by atoms with E-state index >= 15 is 0 Å². The summed E-state index contributed by atoms with van der Waals surface area (Å²) >= 11 is 0. The van der Waals surface area contributed by atoms with Crippen LogP contribution < -0.4 is 4.90 Å². The van der Waals surface area contributed by atoms with Gasteiger partial charge in [-0.15, -0.1) is 0 Å². The van der Waals surface area contributed by atoms with Gasteiger partial charge in [0, 0.05) is 30.6 Å².